The zero-order valence-electron chi connectivity index (χ0n) is 11.8. The van der Waals surface area contributed by atoms with E-state index < -0.39 is 0 Å². The molecule has 0 saturated carbocycles. The summed E-state index contributed by atoms with van der Waals surface area (Å²) in [5.74, 6) is 1.01. The number of carbonyl (C=O) groups excluding carboxylic acids is 1. The highest BCUT2D eigenvalue weighted by molar-refractivity contribution is 5.95. The van der Waals surface area contributed by atoms with E-state index >= 15 is 0 Å². The molecule has 0 bridgehead atoms. The predicted molar refractivity (Wildman–Crippen MR) is 85.0 cm³/mol. The van der Waals surface area contributed by atoms with Crippen LogP contribution in [0.4, 0.5) is 5.95 Å². The predicted octanol–water partition coefficient (Wildman–Crippen LogP) is 1.95. The summed E-state index contributed by atoms with van der Waals surface area (Å²) in [6, 6.07) is 8.42. The number of benzene rings is 1. The van der Waals surface area contributed by atoms with E-state index in [1.54, 1.807) is 0 Å². The summed E-state index contributed by atoms with van der Waals surface area (Å²) in [6.45, 7) is 2.63. The quantitative estimate of drug-likeness (QED) is 0.922. The molecule has 2 aliphatic rings. The lowest BCUT2D eigenvalue weighted by atomic mass is 10.1. The van der Waals surface area contributed by atoms with Gasteiger partial charge < -0.3 is 9.88 Å². The Hall–Kier alpha value is -1.59. The molecule has 21 heavy (non-hydrogen) atoms. The molecule has 3 heterocycles. The minimum atomic E-state index is 0. The topological polar surface area (TPSA) is 50.2 Å². The number of nitrogens with zero attached hydrogens (tertiary/aromatic N) is 3. The third kappa shape index (κ3) is 2.40. The summed E-state index contributed by atoms with van der Waals surface area (Å²) in [6.07, 6.45) is 2.87. The first-order chi connectivity index (χ1) is 9.83. The van der Waals surface area contributed by atoms with Gasteiger partial charge in [0, 0.05) is 25.6 Å². The van der Waals surface area contributed by atoms with Gasteiger partial charge in [0.15, 0.2) is 0 Å². The van der Waals surface area contributed by atoms with Crippen molar-refractivity contribution in [1.82, 2.24) is 14.9 Å². The Morgan fingerprint density at radius 3 is 3.00 bits per heavy atom. The third-order valence-corrected chi connectivity index (χ3v) is 4.31. The standard InChI is InChI=1S/C15H18N4O.ClH/c20-14(10-11-4-3-7-16-11)19-9-8-18-13-6-2-1-5-12(13)17-15(18)19;/h1-2,5-6,11,16H,3-4,7-10H2;1H. The maximum absolute atomic E-state index is 12.5. The van der Waals surface area contributed by atoms with Gasteiger partial charge in [-0.2, -0.15) is 0 Å². The van der Waals surface area contributed by atoms with E-state index in [4.69, 9.17) is 0 Å². The number of aromatic nitrogens is 2. The first-order valence-electron chi connectivity index (χ1n) is 7.32. The first-order valence-corrected chi connectivity index (χ1v) is 7.32. The monoisotopic (exact) mass is 306 g/mol. The Morgan fingerprint density at radius 1 is 1.33 bits per heavy atom. The molecule has 1 saturated heterocycles. The van der Waals surface area contributed by atoms with Crippen LogP contribution >= 0.6 is 12.4 Å². The molecule has 0 radical (unpaired) electrons. The Kier molecular flexibility index (Phi) is 3.87. The molecule has 6 heteroatoms. The number of carbonyl (C=O) groups is 1. The number of imidazole rings is 1. The SMILES string of the molecule is Cl.O=C(CC1CCCN1)N1CCn2c1nc1ccccc12. The summed E-state index contributed by atoms with van der Waals surface area (Å²) in [7, 11) is 0. The van der Waals surface area contributed by atoms with Crippen LogP contribution in [0.3, 0.4) is 0 Å². The second kappa shape index (κ2) is 5.66. The molecule has 1 amide bonds. The summed E-state index contributed by atoms with van der Waals surface area (Å²) in [5.41, 5.74) is 2.09. The molecule has 112 valence electrons. The number of hydrogen-bond acceptors (Lipinski definition) is 3. The molecule has 1 aromatic carbocycles. The highest BCUT2D eigenvalue weighted by Gasteiger charge is 2.30. The first kappa shape index (κ1) is 14.4. The molecule has 0 aliphatic carbocycles. The normalized spacial score (nSPS) is 20.6. The van der Waals surface area contributed by atoms with E-state index in [2.05, 4.69) is 20.9 Å². The molecule has 0 spiro atoms. The van der Waals surface area contributed by atoms with Crippen molar-refractivity contribution in [2.45, 2.75) is 31.8 Å². The molecule has 1 N–H and O–H groups in total. The minimum Gasteiger partial charge on any atom is -0.313 e. The van der Waals surface area contributed by atoms with Crippen LogP contribution in [0.1, 0.15) is 19.3 Å². The van der Waals surface area contributed by atoms with Crippen molar-refractivity contribution in [2.24, 2.45) is 0 Å². The van der Waals surface area contributed by atoms with Crippen LogP contribution in [0.15, 0.2) is 24.3 Å². The van der Waals surface area contributed by atoms with E-state index in [0.717, 1.165) is 43.0 Å². The number of para-hydroxylation sites is 2. The second-order valence-corrected chi connectivity index (χ2v) is 5.59. The summed E-state index contributed by atoms with van der Waals surface area (Å²) in [4.78, 5) is 18.9. The van der Waals surface area contributed by atoms with Crippen molar-refractivity contribution in [1.29, 1.82) is 0 Å². The Balaban J connectivity index is 0.00000132. The number of fused-ring (bicyclic) bond motifs is 3. The smallest absolute Gasteiger partial charge is 0.230 e. The van der Waals surface area contributed by atoms with Gasteiger partial charge in [0.1, 0.15) is 0 Å². The lowest BCUT2D eigenvalue weighted by Crippen LogP contribution is -2.35. The fourth-order valence-electron chi connectivity index (χ4n) is 3.28. The van der Waals surface area contributed by atoms with Gasteiger partial charge in [-0.1, -0.05) is 12.1 Å². The molecule has 5 nitrogen and oxygen atoms in total. The van der Waals surface area contributed by atoms with E-state index in [0.29, 0.717) is 12.5 Å². The van der Waals surface area contributed by atoms with Gasteiger partial charge in [-0.3, -0.25) is 9.69 Å². The third-order valence-electron chi connectivity index (χ3n) is 4.31. The lowest BCUT2D eigenvalue weighted by Gasteiger charge is -2.16. The zero-order chi connectivity index (χ0) is 13.5. The summed E-state index contributed by atoms with van der Waals surface area (Å²) in [5, 5.41) is 3.39. The highest BCUT2D eigenvalue weighted by atomic mass is 35.5. The molecule has 4 rings (SSSR count). The molecule has 1 aromatic heterocycles. The number of halogens is 1. The minimum absolute atomic E-state index is 0. The number of anilines is 1. The van der Waals surface area contributed by atoms with Gasteiger partial charge >= 0.3 is 0 Å². The van der Waals surface area contributed by atoms with E-state index in [1.165, 1.54) is 6.42 Å². The lowest BCUT2D eigenvalue weighted by molar-refractivity contribution is -0.118. The largest absolute Gasteiger partial charge is 0.313 e. The van der Waals surface area contributed by atoms with Gasteiger partial charge in [0.2, 0.25) is 11.9 Å². The van der Waals surface area contributed by atoms with Crippen LogP contribution in [0.5, 0.6) is 0 Å². The van der Waals surface area contributed by atoms with Crippen LogP contribution in [0, 0.1) is 0 Å². The number of hydrogen-bond donors (Lipinski definition) is 1. The summed E-state index contributed by atoms with van der Waals surface area (Å²) >= 11 is 0. The van der Waals surface area contributed by atoms with Crippen molar-refractivity contribution in [3.05, 3.63) is 24.3 Å². The number of rotatable bonds is 2. The van der Waals surface area contributed by atoms with E-state index in [9.17, 15) is 4.79 Å². The van der Waals surface area contributed by atoms with Crippen LogP contribution in [-0.4, -0.2) is 34.6 Å². The Labute approximate surface area is 129 Å². The zero-order valence-corrected chi connectivity index (χ0v) is 12.6. The molecule has 2 aromatic rings. The van der Waals surface area contributed by atoms with E-state index in [1.807, 2.05) is 23.1 Å². The van der Waals surface area contributed by atoms with Gasteiger partial charge in [-0.15, -0.1) is 12.4 Å². The summed E-state index contributed by atoms with van der Waals surface area (Å²) < 4.78 is 2.15. The molecular weight excluding hydrogens is 288 g/mol. The Bertz CT molecular complexity index is 663. The van der Waals surface area contributed by atoms with Gasteiger partial charge in [0.05, 0.1) is 11.0 Å². The fourth-order valence-corrected chi connectivity index (χ4v) is 3.28. The molecule has 1 atom stereocenters. The average molecular weight is 307 g/mol. The van der Waals surface area contributed by atoms with Crippen molar-refractivity contribution < 1.29 is 4.79 Å². The number of amides is 1. The maximum atomic E-state index is 12.5. The fraction of sp³-hybridized carbons (Fsp3) is 0.467. The van der Waals surface area contributed by atoms with Crippen molar-refractivity contribution in [2.75, 3.05) is 18.0 Å². The van der Waals surface area contributed by atoms with Gasteiger partial charge in [0.25, 0.3) is 0 Å². The maximum Gasteiger partial charge on any atom is 0.230 e. The van der Waals surface area contributed by atoms with Crippen LogP contribution < -0.4 is 10.2 Å². The van der Waals surface area contributed by atoms with Crippen molar-refractivity contribution >= 4 is 35.3 Å². The van der Waals surface area contributed by atoms with Crippen LogP contribution in [0.25, 0.3) is 11.0 Å². The molecule has 1 unspecified atom stereocenters. The average Bonchev–Trinajstić information content (AvgIpc) is 3.13. The number of nitrogens with one attached hydrogen (secondary N) is 1. The molecule has 2 aliphatic heterocycles. The second-order valence-electron chi connectivity index (χ2n) is 5.59. The Morgan fingerprint density at radius 2 is 2.19 bits per heavy atom. The van der Waals surface area contributed by atoms with Gasteiger partial charge in [-0.05, 0) is 31.5 Å². The highest BCUT2D eigenvalue weighted by Crippen LogP contribution is 2.28. The molecular formula is C15H19ClN4O. The van der Waals surface area contributed by atoms with Crippen LogP contribution in [0.2, 0.25) is 0 Å². The van der Waals surface area contributed by atoms with Crippen LogP contribution in [-0.2, 0) is 11.3 Å². The van der Waals surface area contributed by atoms with E-state index in [-0.39, 0.29) is 18.3 Å². The van der Waals surface area contributed by atoms with Crippen molar-refractivity contribution in [3.63, 3.8) is 0 Å². The van der Waals surface area contributed by atoms with Crippen molar-refractivity contribution in [3.8, 4) is 0 Å². The molecule has 1 fully saturated rings. The van der Waals surface area contributed by atoms with Gasteiger partial charge in [-0.25, -0.2) is 4.98 Å².